The van der Waals surface area contributed by atoms with Crippen LogP contribution in [0.25, 0.3) is 0 Å². The number of benzene rings is 1. The normalized spacial score (nSPS) is 18.4. The Labute approximate surface area is 112 Å². The Hall–Kier alpha value is -2.04. The second-order valence-corrected chi connectivity index (χ2v) is 4.95. The second-order valence-electron chi connectivity index (χ2n) is 4.95. The Bertz CT molecular complexity index is 513. The first-order valence-corrected chi connectivity index (χ1v) is 6.40. The molecule has 102 valence electrons. The van der Waals surface area contributed by atoms with E-state index >= 15 is 0 Å². The van der Waals surface area contributed by atoms with E-state index in [1.54, 1.807) is 24.0 Å². The lowest BCUT2D eigenvalue weighted by Crippen LogP contribution is -2.37. The first-order valence-electron chi connectivity index (χ1n) is 6.40. The maximum absolute atomic E-state index is 12.1. The predicted molar refractivity (Wildman–Crippen MR) is 72.6 cm³/mol. The Morgan fingerprint density at radius 2 is 2.16 bits per heavy atom. The minimum Gasteiger partial charge on any atom is -0.478 e. The van der Waals surface area contributed by atoms with Crippen molar-refractivity contribution in [3.8, 4) is 0 Å². The van der Waals surface area contributed by atoms with E-state index in [1.807, 2.05) is 6.92 Å². The quantitative estimate of drug-likeness (QED) is 0.861. The molecule has 0 bridgehead atoms. The summed E-state index contributed by atoms with van der Waals surface area (Å²) >= 11 is 0. The minimum absolute atomic E-state index is 0.118. The van der Waals surface area contributed by atoms with Gasteiger partial charge >= 0.3 is 12.0 Å². The number of nitrogens with one attached hydrogen (secondary N) is 1. The van der Waals surface area contributed by atoms with Gasteiger partial charge in [-0.3, -0.25) is 0 Å². The maximum atomic E-state index is 12.1. The third kappa shape index (κ3) is 2.86. The van der Waals surface area contributed by atoms with Gasteiger partial charge in [-0.1, -0.05) is 0 Å². The molecule has 19 heavy (non-hydrogen) atoms. The number of urea groups is 1. The molecule has 1 aromatic carbocycles. The summed E-state index contributed by atoms with van der Waals surface area (Å²) in [6, 6.07) is 4.96. The molecule has 1 aromatic rings. The van der Waals surface area contributed by atoms with Crippen molar-refractivity contribution in [3.63, 3.8) is 0 Å². The number of carbonyl (C=O) groups is 2. The van der Waals surface area contributed by atoms with Crippen LogP contribution < -0.4 is 5.32 Å². The molecule has 5 nitrogen and oxygen atoms in total. The molecule has 1 saturated heterocycles. The molecule has 2 N–H and O–H groups in total. The number of nitrogens with zero attached hydrogens (tertiary/aromatic N) is 1. The molecule has 5 heteroatoms. The van der Waals surface area contributed by atoms with Crippen LogP contribution in [0.2, 0.25) is 0 Å². The Morgan fingerprint density at radius 3 is 2.68 bits per heavy atom. The molecule has 1 aliphatic rings. The smallest absolute Gasteiger partial charge is 0.335 e. The van der Waals surface area contributed by atoms with Gasteiger partial charge < -0.3 is 15.3 Å². The van der Waals surface area contributed by atoms with Gasteiger partial charge in [0.05, 0.1) is 5.56 Å². The van der Waals surface area contributed by atoms with E-state index in [9.17, 15) is 9.59 Å². The number of carboxylic acid groups (broad SMARTS) is 1. The van der Waals surface area contributed by atoms with Gasteiger partial charge in [-0.2, -0.15) is 0 Å². The van der Waals surface area contributed by atoms with E-state index in [1.165, 1.54) is 6.07 Å². The van der Waals surface area contributed by atoms with Crippen LogP contribution in [0, 0.1) is 6.92 Å². The molecule has 1 unspecified atom stereocenters. The largest absolute Gasteiger partial charge is 0.478 e. The number of carbonyl (C=O) groups excluding carboxylic acids is 1. The Morgan fingerprint density at radius 1 is 1.42 bits per heavy atom. The fourth-order valence-corrected chi connectivity index (χ4v) is 2.41. The van der Waals surface area contributed by atoms with E-state index in [2.05, 4.69) is 5.32 Å². The molecule has 0 saturated carbocycles. The zero-order valence-corrected chi connectivity index (χ0v) is 11.1. The molecule has 1 atom stereocenters. The lowest BCUT2D eigenvalue weighted by Gasteiger charge is -2.22. The molecule has 1 heterocycles. The highest BCUT2D eigenvalue weighted by Gasteiger charge is 2.25. The van der Waals surface area contributed by atoms with Gasteiger partial charge in [0.1, 0.15) is 0 Å². The van der Waals surface area contributed by atoms with Crippen molar-refractivity contribution in [1.82, 2.24) is 4.90 Å². The molecule has 0 aliphatic carbocycles. The average molecular weight is 262 g/mol. The molecule has 1 aliphatic heterocycles. The van der Waals surface area contributed by atoms with Crippen LogP contribution in [0.4, 0.5) is 10.5 Å². The molecule has 0 spiro atoms. The molecule has 0 radical (unpaired) electrons. The third-order valence-corrected chi connectivity index (χ3v) is 3.52. The monoisotopic (exact) mass is 262 g/mol. The van der Waals surface area contributed by atoms with Crippen molar-refractivity contribution >= 4 is 17.7 Å². The summed E-state index contributed by atoms with van der Waals surface area (Å²) in [5.41, 5.74) is 1.53. The molecule has 2 rings (SSSR count). The zero-order chi connectivity index (χ0) is 14.0. The SMILES string of the molecule is Cc1cc(NC(=O)N2CCCC2C)ccc1C(=O)O. The van der Waals surface area contributed by atoms with Gasteiger partial charge in [0.25, 0.3) is 0 Å². The van der Waals surface area contributed by atoms with Gasteiger partial charge in [0, 0.05) is 18.3 Å². The number of rotatable bonds is 2. The minimum atomic E-state index is -0.955. The maximum Gasteiger partial charge on any atom is 0.335 e. The highest BCUT2D eigenvalue weighted by Crippen LogP contribution is 2.20. The first kappa shape index (κ1) is 13.4. The number of amides is 2. The van der Waals surface area contributed by atoms with Gasteiger partial charge in [0.15, 0.2) is 0 Å². The van der Waals surface area contributed by atoms with Crippen LogP contribution >= 0.6 is 0 Å². The van der Waals surface area contributed by atoms with Gasteiger partial charge in [-0.15, -0.1) is 0 Å². The van der Waals surface area contributed by atoms with Crippen LogP contribution in [-0.4, -0.2) is 34.6 Å². The number of hydrogen-bond donors (Lipinski definition) is 2. The summed E-state index contributed by atoms with van der Waals surface area (Å²) in [4.78, 5) is 24.8. The Balaban J connectivity index is 2.09. The number of likely N-dealkylation sites (tertiary alicyclic amines) is 1. The van der Waals surface area contributed by atoms with Crippen LogP contribution in [-0.2, 0) is 0 Å². The van der Waals surface area contributed by atoms with E-state index in [4.69, 9.17) is 5.11 Å². The summed E-state index contributed by atoms with van der Waals surface area (Å²) < 4.78 is 0. The average Bonchev–Trinajstić information content (AvgIpc) is 2.75. The van der Waals surface area contributed by atoms with Crippen molar-refractivity contribution in [2.45, 2.75) is 32.7 Å². The molecule has 0 aromatic heterocycles. The molecule has 1 fully saturated rings. The highest BCUT2D eigenvalue weighted by molar-refractivity contribution is 5.93. The van der Waals surface area contributed by atoms with Gasteiger partial charge in [-0.25, -0.2) is 9.59 Å². The van der Waals surface area contributed by atoms with Gasteiger partial charge in [-0.05, 0) is 50.5 Å². The number of aromatic carboxylic acids is 1. The van der Waals surface area contributed by atoms with E-state index < -0.39 is 5.97 Å². The van der Waals surface area contributed by atoms with Crippen molar-refractivity contribution in [1.29, 1.82) is 0 Å². The predicted octanol–water partition coefficient (Wildman–Crippen LogP) is 2.71. The summed E-state index contributed by atoms with van der Waals surface area (Å²) in [7, 11) is 0. The number of aryl methyl sites for hydroxylation is 1. The number of anilines is 1. The fourth-order valence-electron chi connectivity index (χ4n) is 2.41. The van der Waals surface area contributed by atoms with Crippen molar-refractivity contribution in [3.05, 3.63) is 29.3 Å². The van der Waals surface area contributed by atoms with Crippen LogP contribution in [0.1, 0.15) is 35.7 Å². The molecular weight excluding hydrogens is 244 g/mol. The van der Waals surface area contributed by atoms with Crippen molar-refractivity contribution < 1.29 is 14.7 Å². The van der Waals surface area contributed by atoms with Crippen molar-refractivity contribution in [2.24, 2.45) is 0 Å². The molecular formula is C14H18N2O3. The number of hydrogen-bond acceptors (Lipinski definition) is 2. The standard InChI is InChI=1S/C14H18N2O3/c1-9-8-11(5-6-12(9)13(17)18)15-14(19)16-7-3-4-10(16)2/h5-6,8,10H,3-4,7H2,1-2H3,(H,15,19)(H,17,18). The third-order valence-electron chi connectivity index (χ3n) is 3.52. The lowest BCUT2D eigenvalue weighted by molar-refractivity contribution is 0.0696. The summed E-state index contributed by atoms with van der Waals surface area (Å²) in [6.07, 6.45) is 2.07. The van der Waals surface area contributed by atoms with Crippen LogP contribution in [0.5, 0.6) is 0 Å². The van der Waals surface area contributed by atoms with Crippen molar-refractivity contribution in [2.75, 3.05) is 11.9 Å². The molecule has 2 amide bonds. The number of carboxylic acids is 1. The first-order chi connectivity index (χ1) is 8.99. The summed E-state index contributed by atoms with van der Waals surface area (Å²) in [6.45, 7) is 4.53. The van der Waals surface area contributed by atoms with E-state index in [0.29, 0.717) is 11.3 Å². The zero-order valence-electron chi connectivity index (χ0n) is 11.1. The highest BCUT2D eigenvalue weighted by atomic mass is 16.4. The van der Waals surface area contributed by atoms with E-state index in [-0.39, 0.29) is 17.6 Å². The van der Waals surface area contributed by atoms with E-state index in [0.717, 1.165) is 19.4 Å². The topological polar surface area (TPSA) is 69.6 Å². The summed E-state index contributed by atoms with van der Waals surface area (Å²) in [5.74, 6) is -0.955. The second kappa shape index (κ2) is 5.30. The fraction of sp³-hybridized carbons (Fsp3) is 0.429. The van der Waals surface area contributed by atoms with Crippen LogP contribution in [0.15, 0.2) is 18.2 Å². The van der Waals surface area contributed by atoms with Gasteiger partial charge in [0.2, 0.25) is 0 Å². The lowest BCUT2D eigenvalue weighted by atomic mass is 10.1. The summed E-state index contributed by atoms with van der Waals surface area (Å²) in [5, 5.41) is 11.8. The Kier molecular flexibility index (Phi) is 3.74. The van der Waals surface area contributed by atoms with Crippen LogP contribution in [0.3, 0.4) is 0 Å².